The van der Waals surface area contributed by atoms with E-state index in [1.807, 2.05) is 84.9 Å². The van der Waals surface area contributed by atoms with Crippen LogP contribution in [0.25, 0.3) is 0 Å². The Kier molecular flexibility index (Phi) is 7.79. The van der Waals surface area contributed by atoms with E-state index in [9.17, 15) is 4.79 Å². The van der Waals surface area contributed by atoms with E-state index in [1.165, 1.54) is 51.4 Å². The first-order valence-electron chi connectivity index (χ1n) is 13.2. The van der Waals surface area contributed by atoms with Crippen LogP contribution in [0.15, 0.2) is 84.9 Å². The number of anilines is 2. The van der Waals surface area contributed by atoms with Crippen molar-refractivity contribution < 1.29 is 9.53 Å². The van der Waals surface area contributed by atoms with E-state index in [2.05, 4.69) is 4.90 Å². The molecular formula is C31H36N2O2. The molecule has 0 bridgehead atoms. The van der Waals surface area contributed by atoms with Gasteiger partial charge >= 0.3 is 0 Å². The van der Waals surface area contributed by atoms with E-state index in [1.54, 1.807) is 4.90 Å². The number of rotatable bonds is 9. The highest BCUT2D eigenvalue weighted by molar-refractivity contribution is 6.10. The first kappa shape index (κ1) is 23.6. The maximum atomic E-state index is 13.4. The molecule has 0 unspecified atom stereocenters. The van der Waals surface area contributed by atoms with Gasteiger partial charge in [-0.3, -0.25) is 14.6 Å². The van der Waals surface area contributed by atoms with Gasteiger partial charge in [-0.25, -0.2) is 0 Å². The van der Waals surface area contributed by atoms with Crippen LogP contribution in [-0.4, -0.2) is 36.0 Å². The summed E-state index contributed by atoms with van der Waals surface area (Å²) >= 11 is 0. The zero-order valence-electron chi connectivity index (χ0n) is 20.5. The Hall–Kier alpha value is -3.11. The van der Waals surface area contributed by atoms with Crippen LogP contribution < -0.4 is 9.64 Å². The van der Waals surface area contributed by atoms with Crippen LogP contribution in [0.4, 0.5) is 11.4 Å². The van der Waals surface area contributed by atoms with Crippen molar-refractivity contribution in [1.82, 2.24) is 4.90 Å². The molecule has 2 saturated carbocycles. The highest BCUT2D eigenvalue weighted by Crippen LogP contribution is 2.32. The van der Waals surface area contributed by atoms with Gasteiger partial charge in [0.1, 0.15) is 12.4 Å². The molecule has 182 valence electrons. The second-order valence-corrected chi connectivity index (χ2v) is 9.80. The van der Waals surface area contributed by atoms with E-state index in [-0.39, 0.29) is 5.91 Å². The Morgan fingerprint density at radius 3 is 1.77 bits per heavy atom. The number of carbonyl (C=O) groups is 1. The minimum Gasteiger partial charge on any atom is -0.492 e. The van der Waals surface area contributed by atoms with Crippen molar-refractivity contribution in [2.45, 2.75) is 63.5 Å². The zero-order valence-corrected chi connectivity index (χ0v) is 20.5. The molecule has 0 radical (unpaired) electrons. The molecule has 2 aliphatic carbocycles. The normalized spacial score (nSPS) is 16.6. The zero-order chi connectivity index (χ0) is 23.9. The highest BCUT2D eigenvalue weighted by Gasteiger charge is 2.30. The van der Waals surface area contributed by atoms with Crippen molar-refractivity contribution >= 4 is 17.3 Å². The Morgan fingerprint density at radius 2 is 1.20 bits per heavy atom. The van der Waals surface area contributed by atoms with Crippen molar-refractivity contribution in [3.8, 4) is 5.75 Å². The topological polar surface area (TPSA) is 32.8 Å². The molecule has 2 aliphatic rings. The van der Waals surface area contributed by atoms with E-state index in [4.69, 9.17) is 4.74 Å². The second-order valence-electron chi connectivity index (χ2n) is 9.80. The molecule has 4 nitrogen and oxygen atoms in total. The fourth-order valence-corrected chi connectivity index (χ4v) is 5.77. The smallest absolute Gasteiger partial charge is 0.262 e. The lowest BCUT2D eigenvalue weighted by Gasteiger charge is -2.34. The van der Waals surface area contributed by atoms with E-state index in [0.717, 1.165) is 35.8 Å². The van der Waals surface area contributed by atoms with Gasteiger partial charge in [-0.15, -0.1) is 0 Å². The summed E-state index contributed by atoms with van der Waals surface area (Å²) in [5.41, 5.74) is 2.34. The largest absolute Gasteiger partial charge is 0.492 e. The summed E-state index contributed by atoms with van der Waals surface area (Å²) in [6, 6.07) is 28.7. The minimum atomic E-state index is -0.0470. The number of nitrogens with zero attached hydrogens (tertiary/aromatic N) is 2. The molecule has 3 aromatic rings. The molecule has 0 heterocycles. The van der Waals surface area contributed by atoms with Crippen LogP contribution in [0, 0.1) is 0 Å². The van der Waals surface area contributed by atoms with Gasteiger partial charge in [0.2, 0.25) is 0 Å². The van der Waals surface area contributed by atoms with Gasteiger partial charge < -0.3 is 4.74 Å². The van der Waals surface area contributed by atoms with E-state index >= 15 is 0 Å². The number of hydrogen-bond acceptors (Lipinski definition) is 3. The predicted octanol–water partition coefficient (Wildman–Crippen LogP) is 7.23. The molecule has 0 saturated heterocycles. The van der Waals surface area contributed by atoms with Crippen molar-refractivity contribution in [1.29, 1.82) is 0 Å². The van der Waals surface area contributed by atoms with Crippen LogP contribution in [-0.2, 0) is 0 Å². The van der Waals surface area contributed by atoms with Crippen molar-refractivity contribution in [2.24, 2.45) is 0 Å². The van der Waals surface area contributed by atoms with Crippen LogP contribution in [0.1, 0.15) is 61.7 Å². The van der Waals surface area contributed by atoms with Crippen molar-refractivity contribution in [3.05, 3.63) is 90.5 Å². The SMILES string of the molecule is O=C(c1ccccc1)N(c1ccccc1)c1ccc(OCCN(C2CCCC2)C2CCCC2)cc1. The summed E-state index contributed by atoms with van der Waals surface area (Å²) < 4.78 is 6.20. The quantitative estimate of drug-likeness (QED) is 0.332. The number of para-hydroxylation sites is 1. The van der Waals surface area contributed by atoms with Gasteiger partial charge in [-0.05, 0) is 74.2 Å². The van der Waals surface area contributed by atoms with Crippen LogP contribution in [0.3, 0.4) is 0 Å². The van der Waals surface area contributed by atoms with Crippen LogP contribution in [0.2, 0.25) is 0 Å². The molecule has 0 N–H and O–H groups in total. The highest BCUT2D eigenvalue weighted by atomic mass is 16.5. The average Bonchev–Trinajstić information content (AvgIpc) is 3.64. The molecule has 5 rings (SSSR count). The van der Waals surface area contributed by atoms with Gasteiger partial charge in [0.15, 0.2) is 0 Å². The lowest BCUT2D eigenvalue weighted by atomic mass is 10.1. The number of carbonyl (C=O) groups excluding carboxylic acids is 1. The molecule has 0 aromatic heterocycles. The fraction of sp³-hybridized carbons (Fsp3) is 0.387. The Labute approximate surface area is 209 Å². The molecule has 0 atom stereocenters. The molecule has 4 heteroatoms. The molecule has 35 heavy (non-hydrogen) atoms. The summed E-state index contributed by atoms with van der Waals surface area (Å²) in [6.07, 6.45) is 10.9. The summed E-state index contributed by atoms with van der Waals surface area (Å²) in [5, 5.41) is 0. The molecule has 1 amide bonds. The summed E-state index contributed by atoms with van der Waals surface area (Å²) in [4.78, 5) is 17.9. The number of benzene rings is 3. The van der Waals surface area contributed by atoms with Gasteiger partial charge in [0, 0.05) is 35.6 Å². The lowest BCUT2D eigenvalue weighted by molar-refractivity contribution is 0.0999. The van der Waals surface area contributed by atoms with E-state index in [0.29, 0.717) is 12.2 Å². The molecule has 2 fully saturated rings. The third-order valence-corrected chi connectivity index (χ3v) is 7.54. The fourth-order valence-electron chi connectivity index (χ4n) is 5.77. The van der Waals surface area contributed by atoms with Gasteiger partial charge in [-0.1, -0.05) is 62.1 Å². The van der Waals surface area contributed by atoms with Gasteiger partial charge in [0.05, 0.1) is 0 Å². The number of hydrogen-bond donors (Lipinski definition) is 0. The molecular weight excluding hydrogens is 432 g/mol. The predicted molar refractivity (Wildman–Crippen MR) is 143 cm³/mol. The monoisotopic (exact) mass is 468 g/mol. The summed E-state index contributed by atoms with van der Waals surface area (Å²) in [7, 11) is 0. The Morgan fingerprint density at radius 1 is 0.686 bits per heavy atom. The first-order valence-corrected chi connectivity index (χ1v) is 13.2. The number of ether oxygens (including phenoxy) is 1. The third-order valence-electron chi connectivity index (χ3n) is 7.54. The third kappa shape index (κ3) is 5.76. The standard InChI is InChI=1S/C31H36N2O2/c34-31(25-11-3-1-4-12-25)33(28-17-5-2-6-18-28)29-19-21-30(22-20-29)35-24-23-32(26-13-7-8-14-26)27-15-9-10-16-27/h1-6,11-12,17-22,26-27H,7-10,13-16,23-24H2. The first-order chi connectivity index (χ1) is 17.3. The average molecular weight is 469 g/mol. The molecule has 0 spiro atoms. The summed E-state index contributed by atoms with van der Waals surface area (Å²) in [5.74, 6) is 0.806. The Bertz CT molecular complexity index is 1040. The van der Waals surface area contributed by atoms with Crippen molar-refractivity contribution in [2.75, 3.05) is 18.1 Å². The maximum Gasteiger partial charge on any atom is 0.262 e. The maximum absolute atomic E-state index is 13.4. The second kappa shape index (κ2) is 11.5. The van der Waals surface area contributed by atoms with Crippen molar-refractivity contribution in [3.63, 3.8) is 0 Å². The lowest BCUT2D eigenvalue weighted by Crippen LogP contribution is -2.43. The molecule has 3 aromatic carbocycles. The van der Waals surface area contributed by atoms with Crippen LogP contribution in [0.5, 0.6) is 5.75 Å². The number of amides is 1. The minimum absolute atomic E-state index is 0.0470. The summed E-state index contributed by atoms with van der Waals surface area (Å²) in [6.45, 7) is 1.71. The molecule has 0 aliphatic heterocycles. The van der Waals surface area contributed by atoms with Gasteiger partial charge in [0.25, 0.3) is 5.91 Å². The Balaban J connectivity index is 1.27. The van der Waals surface area contributed by atoms with Crippen LogP contribution >= 0.6 is 0 Å². The van der Waals surface area contributed by atoms with Gasteiger partial charge in [-0.2, -0.15) is 0 Å². The van der Waals surface area contributed by atoms with E-state index < -0.39 is 0 Å².